The van der Waals surface area contributed by atoms with Gasteiger partial charge in [-0.05, 0) is 23.8 Å². The summed E-state index contributed by atoms with van der Waals surface area (Å²) in [6.45, 7) is 0. The van der Waals surface area contributed by atoms with E-state index in [1.165, 1.54) is 21.3 Å². The van der Waals surface area contributed by atoms with Gasteiger partial charge in [0, 0.05) is 5.56 Å². The summed E-state index contributed by atoms with van der Waals surface area (Å²) < 4.78 is 15.9. The Balaban J connectivity index is 2.62. The van der Waals surface area contributed by atoms with Gasteiger partial charge in [-0.25, -0.2) is 4.79 Å². The lowest BCUT2D eigenvalue weighted by molar-refractivity contribution is -0.130. The van der Waals surface area contributed by atoms with Crippen LogP contribution in [0.15, 0.2) is 42.5 Å². The third-order valence-corrected chi connectivity index (χ3v) is 3.35. The molecular formula is C18H18O5. The van der Waals surface area contributed by atoms with E-state index in [9.17, 15) is 9.90 Å². The van der Waals surface area contributed by atoms with Crippen LogP contribution >= 0.6 is 0 Å². The summed E-state index contributed by atoms with van der Waals surface area (Å²) in [7, 11) is 4.53. The van der Waals surface area contributed by atoms with E-state index in [2.05, 4.69) is 0 Å². The Labute approximate surface area is 134 Å². The number of hydrogen-bond acceptors (Lipinski definition) is 4. The highest BCUT2D eigenvalue weighted by Crippen LogP contribution is 2.41. The van der Waals surface area contributed by atoms with Crippen LogP contribution in [-0.2, 0) is 4.79 Å². The Morgan fingerprint density at radius 1 is 0.913 bits per heavy atom. The Bertz CT molecular complexity index is 720. The molecular weight excluding hydrogens is 296 g/mol. The number of methoxy groups -OCH3 is 3. The van der Waals surface area contributed by atoms with Crippen LogP contribution in [0.25, 0.3) is 11.6 Å². The van der Waals surface area contributed by atoms with Crippen molar-refractivity contribution in [3.63, 3.8) is 0 Å². The maximum Gasteiger partial charge on any atom is 0.336 e. The van der Waals surface area contributed by atoms with Crippen LogP contribution in [-0.4, -0.2) is 32.4 Å². The van der Waals surface area contributed by atoms with E-state index < -0.39 is 5.97 Å². The molecule has 23 heavy (non-hydrogen) atoms. The first-order chi connectivity index (χ1) is 11.1. The van der Waals surface area contributed by atoms with Crippen molar-refractivity contribution in [2.45, 2.75) is 0 Å². The standard InChI is InChI=1S/C18H18O5/c1-21-15-10-9-13(16(22-2)17(15)23-3)11-14(18(19)20)12-7-5-4-6-8-12/h4-11H,1-3H3,(H,19,20)/b14-11-. The van der Waals surface area contributed by atoms with Gasteiger partial charge in [-0.1, -0.05) is 30.3 Å². The van der Waals surface area contributed by atoms with E-state index in [0.29, 0.717) is 28.4 Å². The molecule has 0 bridgehead atoms. The predicted molar refractivity (Wildman–Crippen MR) is 88.0 cm³/mol. The number of ether oxygens (including phenoxy) is 3. The Morgan fingerprint density at radius 3 is 2.09 bits per heavy atom. The van der Waals surface area contributed by atoms with Crippen molar-refractivity contribution in [3.05, 3.63) is 53.6 Å². The molecule has 2 aromatic carbocycles. The molecule has 2 rings (SSSR count). The number of benzene rings is 2. The molecule has 0 aliphatic rings. The van der Waals surface area contributed by atoms with Crippen molar-refractivity contribution < 1.29 is 24.1 Å². The fourth-order valence-corrected chi connectivity index (χ4v) is 2.28. The minimum atomic E-state index is -1.02. The largest absolute Gasteiger partial charge is 0.493 e. The first kappa shape index (κ1) is 16.4. The zero-order valence-corrected chi connectivity index (χ0v) is 13.2. The lowest BCUT2D eigenvalue weighted by Crippen LogP contribution is -2.01. The number of carboxylic acids is 1. The van der Waals surface area contributed by atoms with Crippen LogP contribution in [0.1, 0.15) is 11.1 Å². The van der Waals surface area contributed by atoms with Crippen molar-refractivity contribution in [2.24, 2.45) is 0 Å². The monoisotopic (exact) mass is 314 g/mol. The zero-order valence-electron chi connectivity index (χ0n) is 13.2. The molecule has 0 aliphatic heterocycles. The highest BCUT2D eigenvalue weighted by molar-refractivity contribution is 6.20. The second kappa shape index (κ2) is 7.35. The van der Waals surface area contributed by atoms with Crippen molar-refractivity contribution >= 4 is 17.6 Å². The molecule has 2 aromatic rings. The highest BCUT2D eigenvalue weighted by Gasteiger charge is 2.17. The van der Waals surface area contributed by atoms with Crippen molar-refractivity contribution in [1.29, 1.82) is 0 Å². The molecule has 0 spiro atoms. The van der Waals surface area contributed by atoms with Crippen LogP contribution in [0.4, 0.5) is 0 Å². The first-order valence-corrected chi connectivity index (χ1v) is 6.91. The van der Waals surface area contributed by atoms with Crippen molar-refractivity contribution in [2.75, 3.05) is 21.3 Å². The lowest BCUT2D eigenvalue weighted by Gasteiger charge is -2.14. The topological polar surface area (TPSA) is 65.0 Å². The summed E-state index contributed by atoms with van der Waals surface area (Å²) in [6, 6.07) is 12.3. The normalized spacial score (nSPS) is 11.0. The summed E-state index contributed by atoms with van der Waals surface area (Å²) in [5.41, 5.74) is 1.36. The molecule has 0 fully saturated rings. The molecule has 0 atom stereocenters. The molecule has 120 valence electrons. The Morgan fingerprint density at radius 2 is 1.57 bits per heavy atom. The molecule has 0 radical (unpaired) electrons. The van der Waals surface area contributed by atoms with E-state index >= 15 is 0 Å². The van der Waals surface area contributed by atoms with Gasteiger partial charge in [0.2, 0.25) is 5.75 Å². The molecule has 0 heterocycles. The highest BCUT2D eigenvalue weighted by atomic mass is 16.5. The smallest absolute Gasteiger partial charge is 0.336 e. The van der Waals surface area contributed by atoms with Crippen LogP contribution < -0.4 is 14.2 Å². The SMILES string of the molecule is COc1ccc(/C=C(\C(=O)O)c2ccccc2)c(OC)c1OC. The quantitative estimate of drug-likeness (QED) is 0.654. The van der Waals surface area contributed by atoms with Crippen LogP contribution in [0.3, 0.4) is 0 Å². The average molecular weight is 314 g/mol. The third kappa shape index (κ3) is 3.45. The molecule has 5 heteroatoms. The summed E-state index contributed by atoms with van der Waals surface area (Å²) >= 11 is 0. The minimum absolute atomic E-state index is 0.163. The number of carbonyl (C=O) groups is 1. The second-order valence-corrected chi connectivity index (χ2v) is 4.65. The molecule has 0 saturated carbocycles. The maximum atomic E-state index is 11.6. The van der Waals surface area contributed by atoms with Gasteiger partial charge in [0.05, 0.1) is 26.9 Å². The predicted octanol–water partition coefficient (Wildman–Crippen LogP) is 3.34. The summed E-state index contributed by atoms with van der Waals surface area (Å²) in [5, 5.41) is 9.51. The van der Waals surface area contributed by atoms with Crippen LogP contribution in [0, 0.1) is 0 Å². The van der Waals surface area contributed by atoms with Gasteiger partial charge in [0.1, 0.15) is 0 Å². The number of hydrogen-bond donors (Lipinski definition) is 1. The fourth-order valence-electron chi connectivity index (χ4n) is 2.28. The molecule has 0 unspecified atom stereocenters. The third-order valence-electron chi connectivity index (χ3n) is 3.35. The van der Waals surface area contributed by atoms with Crippen LogP contribution in [0.5, 0.6) is 17.2 Å². The Kier molecular flexibility index (Phi) is 5.25. The first-order valence-electron chi connectivity index (χ1n) is 6.91. The maximum absolute atomic E-state index is 11.6. The van der Waals surface area contributed by atoms with E-state index in [1.54, 1.807) is 42.5 Å². The number of aliphatic carboxylic acids is 1. The summed E-state index contributed by atoms with van der Waals surface area (Å²) in [6.07, 6.45) is 1.55. The van der Waals surface area contributed by atoms with E-state index in [1.807, 2.05) is 6.07 Å². The van der Waals surface area contributed by atoms with Gasteiger partial charge in [0.15, 0.2) is 11.5 Å². The summed E-state index contributed by atoms with van der Waals surface area (Å²) in [4.78, 5) is 11.6. The molecule has 0 aromatic heterocycles. The molecule has 0 aliphatic carbocycles. The lowest BCUT2D eigenvalue weighted by atomic mass is 10.0. The van der Waals surface area contributed by atoms with Gasteiger partial charge in [-0.2, -0.15) is 0 Å². The van der Waals surface area contributed by atoms with E-state index in [4.69, 9.17) is 14.2 Å². The molecule has 0 amide bonds. The number of rotatable bonds is 6. The molecule has 1 N–H and O–H groups in total. The average Bonchev–Trinajstić information content (AvgIpc) is 2.59. The fraction of sp³-hybridized carbons (Fsp3) is 0.167. The van der Waals surface area contributed by atoms with Crippen molar-refractivity contribution in [1.82, 2.24) is 0 Å². The number of carboxylic acid groups (broad SMARTS) is 1. The minimum Gasteiger partial charge on any atom is -0.493 e. The second-order valence-electron chi connectivity index (χ2n) is 4.65. The molecule has 5 nitrogen and oxygen atoms in total. The zero-order chi connectivity index (χ0) is 16.8. The molecule has 0 saturated heterocycles. The van der Waals surface area contributed by atoms with E-state index in [-0.39, 0.29) is 5.57 Å². The van der Waals surface area contributed by atoms with Gasteiger partial charge >= 0.3 is 5.97 Å². The Hall–Kier alpha value is -2.95. The van der Waals surface area contributed by atoms with Gasteiger partial charge in [-0.3, -0.25) is 0 Å². The summed E-state index contributed by atoms with van der Waals surface area (Å²) in [5.74, 6) is 0.328. The van der Waals surface area contributed by atoms with Gasteiger partial charge in [0.25, 0.3) is 0 Å². The van der Waals surface area contributed by atoms with Crippen molar-refractivity contribution in [3.8, 4) is 17.2 Å². The van der Waals surface area contributed by atoms with E-state index in [0.717, 1.165) is 0 Å². The van der Waals surface area contributed by atoms with Crippen LogP contribution in [0.2, 0.25) is 0 Å². The van der Waals surface area contributed by atoms with Gasteiger partial charge in [-0.15, -0.1) is 0 Å². The van der Waals surface area contributed by atoms with Gasteiger partial charge < -0.3 is 19.3 Å².